The Kier molecular flexibility index (Phi) is 5.85. The molecule has 0 fully saturated rings. The van der Waals surface area contributed by atoms with Gasteiger partial charge < -0.3 is 0 Å². The van der Waals surface area contributed by atoms with Gasteiger partial charge in [-0.3, -0.25) is 4.90 Å². The van der Waals surface area contributed by atoms with Crippen LogP contribution in [0.3, 0.4) is 0 Å². The molecule has 2 aromatic carbocycles. The highest BCUT2D eigenvalue weighted by molar-refractivity contribution is 8.00. The minimum atomic E-state index is 0.767. The van der Waals surface area contributed by atoms with Gasteiger partial charge in [-0.2, -0.15) is 5.10 Å². The van der Waals surface area contributed by atoms with E-state index in [1.807, 2.05) is 35.2 Å². The Labute approximate surface area is 173 Å². The van der Waals surface area contributed by atoms with Gasteiger partial charge in [0.25, 0.3) is 0 Å². The standard InChI is InChI=1S/C21H21N5S2/c1-25(15-19-22-23-21(27-2)28-19)13-17-14-26(18-11-7-4-8-12-18)24-20(17)16-9-5-3-6-10-16/h3-12,14H,13,15H2,1-2H3. The van der Waals surface area contributed by atoms with Crippen LogP contribution < -0.4 is 0 Å². The molecule has 4 rings (SSSR count). The topological polar surface area (TPSA) is 46.8 Å². The molecule has 2 heterocycles. The summed E-state index contributed by atoms with van der Waals surface area (Å²) in [7, 11) is 2.11. The summed E-state index contributed by atoms with van der Waals surface area (Å²) >= 11 is 3.29. The summed E-state index contributed by atoms with van der Waals surface area (Å²) in [6, 6.07) is 20.6. The summed E-state index contributed by atoms with van der Waals surface area (Å²) in [4.78, 5) is 2.25. The zero-order chi connectivity index (χ0) is 19.3. The monoisotopic (exact) mass is 407 g/mol. The first-order valence-corrected chi connectivity index (χ1v) is 11.0. The van der Waals surface area contributed by atoms with E-state index in [9.17, 15) is 0 Å². The summed E-state index contributed by atoms with van der Waals surface area (Å²) in [6.45, 7) is 1.55. The second kappa shape index (κ2) is 8.68. The largest absolute Gasteiger partial charge is 0.295 e. The molecule has 0 bridgehead atoms. The minimum absolute atomic E-state index is 0.767. The normalized spacial score (nSPS) is 11.2. The van der Waals surface area contributed by atoms with Crippen molar-refractivity contribution < 1.29 is 0 Å². The fourth-order valence-corrected chi connectivity index (χ4v) is 4.43. The van der Waals surface area contributed by atoms with E-state index in [-0.39, 0.29) is 0 Å². The Bertz CT molecular complexity index is 1030. The van der Waals surface area contributed by atoms with Gasteiger partial charge >= 0.3 is 0 Å². The number of hydrogen-bond acceptors (Lipinski definition) is 6. The predicted molar refractivity (Wildman–Crippen MR) is 116 cm³/mol. The lowest BCUT2D eigenvalue weighted by atomic mass is 10.1. The summed E-state index contributed by atoms with van der Waals surface area (Å²) < 4.78 is 2.97. The Morgan fingerprint density at radius 1 is 0.964 bits per heavy atom. The molecule has 0 spiro atoms. The molecule has 0 amide bonds. The van der Waals surface area contributed by atoms with E-state index >= 15 is 0 Å². The van der Waals surface area contributed by atoms with Crippen LogP contribution in [0, 0.1) is 0 Å². The van der Waals surface area contributed by atoms with Crippen LogP contribution >= 0.6 is 23.1 Å². The number of para-hydroxylation sites is 1. The van der Waals surface area contributed by atoms with Crippen molar-refractivity contribution in [2.75, 3.05) is 13.3 Å². The molecule has 7 heteroatoms. The highest BCUT2D eigenvalue weighted by Gasteiger charge is 2.15. The molecule has 0 unspecified atom stereocenters. The van der Waals surface area contributed by atoms with Gasteiger partial charge in [-0.05, 0) is 25.4 Å². The van der Waals surface area contributed by atoms with Crippen molar-refractivity contribution in [3.05, 3.63) is 77.4 Å². The first kappa shape index (κ1) is 18.9. The Morgan fingerprint density at radius 2 is 1.68 bits per heavy atom. The van der Waals surface area contributed by atoms with Crippen molar-refractivity contribution in [2.45, 2.75) is 17.4 Å². The third-order valence-electron chi connectivity index (χ3n) is 4.33. The third kappa shape index (κ3) is 4.32. The Balaban J connectivity index is 1.62. The lowest BCUT2D eigenvalue weighted by Crippen LogP contribution is -2.17. The maximum absolute atomic E-state index is 4.89. The van der Waals surface area contributed by atoms with Crippen molar-refractivity contribution >= 4 is 23.1 Å². The van der Waals surface area contributed by atoms with Crippen LogP contribution in [0.1, 0.15) is 10.6 Å². The molecule has 0 N–H and O–H groups in total. The Morgan fingerprint density at radius 3 is 2.36 bits per heavy atom. The number of hydrogen-bond donors (Lipinski definition) is 0. The van der Waals surface area contributed by atoms with Gasteiger partial charge in [-0.1, -0.05) is 71.6 Å². The minimum Gasteiger partial charge on any atom is -0.295 e. The second-order valence-corrected chi connectivity index (χ2v) is 8.60. The number of aromatic nitrogens is 4. The molecule has 0 saturated carbocycles. The van der Waals surface area contributed by atoms with E-state index in [0.717, 1.165) is 39.4 Å². The van der Waals surface area contributed by atoms with E-state index in [0.29, 0.717) is 0 Å². The third-order valence-corrected chi connectivity index (χ3v) is 6.21. The average Bonchev–Trinajstić information content (AvgIpc) is 3.36. The average molecular weight is 408 g/mol. The van der Waals surface area contributed by atoms with Crippen LogP contribution in [0.15, 0.2) is 71.2 Å². The van der Waals surface area contributed by atoms with Crippen LogP contribution in [0.2, 0.25) is 0 Å². The number of rotatable bonds is 7. The van der Waals surface area contributed by atoms with Gasteiger partial charge in [-0.15, -0.1) is 10.2 Å². The maximum Gasteiger partial charge on any atom is 0.174 e. The molecule has 0 aliphatic rings. The van der Waals surface area contributed by atoms with E-state index < -0.39 is 0 Å². The van der Waals surface area contributed by atoms with E-state index in [1.54, 1.807) is 23.1 Å². The summed E-state index contributed by atoms with van der Waals surface area (Å²) in [5.41, 5.74) is 4.38. The molecule has 28 heavy (non-hydrogen) atoms. The van der Waals surface area contributed by atoms with Gasteiger partial charge in [0.2, 0.25) is 0 Å². The SMILES string of the molecule is CSc1nnc(CN(C)Cc2cn(-c3ccccc3)nc2-c2ccccc2)s1. The van der Waals surface area contributed by atoms with Crippen molar-refractivity contribution in [3.63, 3.8) is 0 Å². The highest BCUT2D eigenvalue weighted by Crippen LogP contribution is 2.26. The van der Waals surface area contributed by atoms with Crippen LogP contribution in [0.25, 0.3) is 16.9 Å². The van der Waals surface area contributed by atoms with Crippen LogP contribution in [0.4, 0.5) is 0 Å². The summed E-state index contributed by atoms with van der Waals surface area (Å²) in [5, 5.41) is 14.4. The van der Waals surface area contributed by atoms with Gasteiger partial charge in [0, 0.05) is 23.9 Å². The molecule has 4 aromatic rings. The predicted octanol–water partition coefficient (Wildman–Crippen LogP) is 4.74. The fraction of sp³-hybridized carbons (Fsp3) is 0.190. The van der Waals surface area contributed by atoms with Gasteiger partial charge in [0.1, 0.15) is 5.01 Å². The summed E-state index contributed by atoms with van der Waals surface area (Å²) in [5.74, 6) is 0. The molecule has 0 saturated heterocycles. The van der Waals surface area contributed by atoms with Crippen molar-refractivity contribution in [3.8, 4) is 16.9 Å². The number of benzene rings is 2. The first-order chi connectivity index (χ1) is 13.7. The molecule has 0 aliphatic heterocycles. The Hall–Kier alpha value is -2.48. The number of nitrogens with zero attached hydrogens (tertiary/aromatic N) is 5. The van der Waals surface area contributed by atoms with Gasteiger partial charge in [0.15, 0.2) is 4.34 Å². The van der Waals surface area contributed by atoms with E-state index in [4.69, 9.17) is 5.10 Å². The highest BCUT2D eigenvalue weighted by atomic mass is 32.2. The van der Waals surface area contributed by atoms with Gasteiger partial charge in [-0.25, -0.2) is 4.68 Å². The molecule has 2 aromatic heterocycles. The van der Waals surface area contributed by atoms with Crippen LogP contribution in [-0.2, 0) is 13.1 Å². The molecule has 5 nitrogen and oxygen atoms in total. The quantitative estimate of drug-likeness (QED) is 0.414. The lowest BCUT2D eigenvalue weighted by Gasteiger charge is -2.14. The van der Waals surface area contributed by atoms with Crippen LogP contribution in [-0.4, -0.2) is 38.2 Å². The van der Waals surface area contributed by atoms with E-state index in [2.05, 4.69) is 64.7 Å². The van der Waals surface area contributed by atoms with Crippen molar-refractivity contribution in [1.29, 1.82) is 0 Å². The maximum atomic E-state index is 4.89. The summed E-state index contributed by atoms with van der Waals surface area (Å²) in [6.07, 6.45) is 4.15. The molecule has 142 valence electrons. The molecular formula is C21H21N5S2. The fourth-order valence-electron chi connectivity index (χ4n) is 3.04. The van der Waals surface area contributed by atoms with Crippen molar-refractivity contribution in [2.24, 2.45) is 0 Å². The van der Waals surface area contributed by atoms with Gasteiger partial charge in [0.05, 0.1) is 17.9 Å². The zero-order valence-electron chi connectivity index (χ0n) is 15.8. The van der Waals surface area contributed by atoms with Crippen LogP contribution in [0.5, 0.6) is 0 Å². The second-order valence-electron chi connectivity index (χ2n) is 6.49. The van der Waals surface area contributed by atoms with E-state index in [1.165, 1.54) is 5.56 Å². The molecule has 0 aliphatic carbocycles. The molecular weight excluding hydrogens is 386 g/mol. The first-order valence-electron chi connectivity index (χ1n) is 8.97. The lowest BCUT2D eigenvalue weighted by molar-refractivity contribution is 0.318. The number of thioether (sulfide) groups is 1. The van der Waals surface area contributed by atoms with Crippen molar-refractivity contribution in [1.82, 2.24) is 24.9 Å². The smallest absolute Gasteiger partial charge is 0.174 e. The molecule has 0 radical (unpaired) electrons. The zero-order valence-corrected chi connectivity index (χ0v) is 17.5. The molecule has 0 atom stereocenters.